The second-order valence-electron chi connectivity index (χ2n) is 4.98. The van der Waals surface area contributed by atoms with Gasteiger partial charge in [-0.25, -0.2) is 8.42 Å². The molecule has 0 aromatic rings. The smallest absolute Gasteiger partial charge is 0.316 e. The fourth-order valence-corrected chi connectivity index (χ4v) is 3.98. The highest BCUT2D eigenvalue weighted by Crippen LogP contribution is 2.26. The van der Waals surface area contributed by atoms with Crippen LogP contribution in [0.2, 0.25) is 0 Å². The van der Waals surface area contributed by atoms with Crippen LogP contribution in [-0.4, -0.2) is 38.3 Å². The summed E-state index contributed by atoms with van der Waals surface area (Å²) >= 11 is 0. The number of ketones is 1. The summed E-state index contributed by atoms with van der Waals surface area (Å²) in [5.41, 5.74) is 0. The summed E-state index contributed by atoms with van der Waals surface area (Å²) < 4.78 is 27.6. The van der Waals surface area contributed by atoms with Crippen LogP contribution in [0.4, 0.5) is 0 Å². The molecule has 2 atom stereocenters. The molecule has 0 N–H and O–H groups in total. The first-order valence-corrected chi connectivity index (χ1v) is 8.01. The second kappa shape index (κ2) is 5.82. The summed E-state index contributed by atoms with van der Waals surface area (Å²) in [6, 6.07) is 0. The highest BCUT2D eigenvalue weighted by Gasteiger charge is 2.40. The molecule has 0 spiro atoms. The van der Waals surface area contributed by atoms with Crippen LogP contribution in [0.5, 0.6) is 0 Å². The van der Waals surface area contributed by atoms with E-state index in [0.29, 0.717) is 6.42 Å². The number of carbonyl (C=O) groups excluding carboxylic acids is 2. The lowest BCUT2D eigenvalue weighted by Gasteiger charge is -2.20. The Hall–Kier alpha value is -0.910. The van der Waals surface area contributed by atoms with Gasteiger partial charge in [0.15, 0.2) is 15.6 Å². The van der Waals surface area contributed by atoms with E-state index < -0.39 is 27.6 Å². The lowest BCUT2D eigenvalue weighted by Crippen LogP contribution is -2.35. The van der Waals surface area contributed by atoms with Crippen molar-refractivity contribution in [2.24, 2.45) is 17.8 Å². The van der Waals surface area contributed by atoms with Crippen molar-refractivity contribution in [3.05, 3.63) is 0 Å². The zero-order valence-corrected chi connectivity index (χ0v) is 11.8. The van der Waals surface area contributed by atoms with Crippen LogP contribution in [0.25, 0.3) is 0 Å². The van der Waals surface area contributed by atoms with Crippen molar-refractivity contribution >= 4 is 21.6 Å². The van der Waals surface area contributed by atoms with E-state index in [1.54, 1.807) is 20.8 Å². The maximum atomic E-state index is 12.2. The Balaban J connectivity index is 2.81. The van der Waals surface area contributed by atoms with E-state index in [1.807, 2.05) is 0 Å². The van der Waals surface area contributed by atoms with Crippen molar-refractivity contribution in [3.8, 4) is 0 Å². The first-order valence-electron chi connectivity index (χ1n) is 6.19. The minimum absolute atomic E-state index is 0.0387. The molecule has 1 heterocycles. The van der Waals surface area contributed by atoms with E-state index in [2.05, 4.69) is 0 Å². The minimum atomic E-state index is -3.11. The highest BCUT2D eigenvalue weighted by molar-refractivity contribution is 7.91. The Labute approximate surface area is 108 Å². The number of rotatable bonds is 5. The van der Waals surface area contributed by atoms with E-state index in [1.165, 1.54) is 0 Å². The maximum Gasteiger partial charge on any atom is 0.316 e. The number of sulfone groups is 1. The third-order valence-electron chi connectivity index (χ3n) is 3.15. The molecule has 18 heavy (non-hydrogen) atoms. The van der Waals surface area contributed by atoms with Crippen molar-refractivity contribution in [1.82, 2.24) is 0 Å². The van der Waals surface area contributed by atoms with Crippen molar-refractivity contribution in [2.45, 2.75) is 27.2 Å². The minimum Gasteiger partial charge on any atom is -0.465 e. The summed E-state index contributed by atoms with van der Waals surface area (Å²) in [5, 5.41) is 0. The molecular formula is C12H20O5S. The average molecular weight is 276 g/mol. The molecule has 5 nitrogen and oxygen atoms in total. The van der Waals surface area contributed by atoms with Gasteiger partial charge in [0.05, 0.1) is 18.1 Å². The summed E-state index contributed by atoms with van der Waals surface area (Å²) in [4.78, 5) is 24.0. The molecule has 1 aliphatic heterocycles. The van der Waals surface area contributed by atoms with Gasteiger partial charge < -0.3 is 4.74 Å². The number of ether oxygens (including phenoxy) is 1. The van der Waals surface area contributed by atoms with Crippen LogP contribution < -0.4 is 0 Å². The highest BCUT2D eigenvalue weighted by atomic mass is 32.2. The molecule has 1 saturated heterocycles. The fraction of sp³-hybridized carbons (Fsp3) is 0.833. The van der Waals surface area contributed by atoms with E-state index in [0.717, 1.165) is 0 Å². The zero-order chi connectivity index (χ0) is 13.9. The monoisotopic (exact) mass is 276 g/mol. The van der Waals surface area contributed by atoms with Gasteiger partial charge in [-0.3, -0.25) is 9.59 Å². The molecular weight excluding hydrogens is 256 g/mol. The molecule has 2 unspecified atom stereocenters. The summed E-state index contributed by atoms with van der Waals surface area (Å²) in [7, 11) is -3.11. The van der Waals surface area contributed by atoms with Gasteiger partial charge in [0.1, 0.15) is 5.92 Å². The van der Waals surface area contributed by atoms with Crippen molar-refractivity contribution in [1.29, 1.82) is 0 Å². The molecule has 1 fully saturated rings. The Bertz CT molecular complexity index is 424. The van der Waals surface area contributed by atoms with E-state index >= 15 is 0 Å². The van der Waals surface area contributed by atoms with Gasteiger partial charge in [-0.1, -0.05) is 13.8 Å². The second-order valence-corrected chi connectivity index (χ2v) is 7.20. The van der Waals surface area contributed by atoms with Gasteiger partial charge in [-0.2, -0.15) is 0 Å². The number of esters is 1. The van der Waals surface area contributed by atoms with Gasteiger partial charge in [0.2, 0.25) is 0 Å². The standard InChI is InChI=1S/C12H20O5S/c1-4-17-12(14)10(8(2)3)11(13)9-5-6-18(15,16)7-9/h8-10H,4-7H2,1-3H3. The molecule has 0 aromatic carbocycles. The first kappa shape index (κ1) is 15.1. The number of hydrogen-bond donors (Lipinski definition) is 0. The number of Topliss-reactive ketones (excluding diaryl/α,β-unsaturated/α-hetero) is 1. The summed E-state index contributed by atoms with van der Waals surface area (Å²) in [6.45, 7) is 5.43. The molecule has 6 heteroatoms. The molecule has 0 bridgehead atoms. The Morgan fingerprint density at radius 1 is 1.33 bits per heavy atom. The number of hydrogen-bond acceptors (Lipinski definition) is 5. The van der Waals surface area contributed by atoms with Crippen molar-refractivity contribution in [3.63, 3.8) is 0 Å². The fourth-order valence-electron chi connectivity index (χ4n) is 2.22. The molecule has 0 saturated carbocycles. The molecule has 104 valence electrons. The van der Waals surface area contributed by atoms with Crippen LogP contribution in [0.3, 0.4) is 0 Å². The van der Waals surface area contributed by atoms with Gasteiger partial charge in [-0.15, -0.1) is 0 Å². The molecule has 0 aliphatic carbocycles. The first-order chi connectivity index (χ1) is 8.28. The quantitative estimate of drug-likeness (QED) is 0.549. The van der Waals surface area contributed by atoms with E-state index in [9.17, 15) is 18.0 Å². The molecule has 1 rings (SSSR count). The van der Waals surface area contributed by atoms with E-state index in [4.69, 9.17) is 4.74 Å². The van der Waals surface area contributed by atoms with Gasteiger partial charge in [-0.05, 0) is 19.3 Å². The summed E-state index contributed by atoms with van der Waals surface area (Å²) in [5.74, 6) is -2.49. The largest absolute Gasteiger partial charge is 0.465 e. The lowest BCUT2D eigenvalue weighted by atomic mass is 9.84. The molecule has 0 amide bonds. The average Bonchev–Trinajstić information content (AvgIpc) is 2.58. The molecule has 1 aliphatic rings. The molecule has 0 radical (unpaired) electrons. The topological polar surface area (TPSA) is 77.5 Å². The van der Waals surface area contributed by atoms with Crippen LogP contribution in [0.15, 0.2) is 0 Å². The maximum absolute atomic E-state index is 12.2. The van der Waals surface area contributed by atoms with Crippen LogP contribution in [0.1, 0.15) is 27.2 Å². The third kappa shape index (κ3) is 3.54. The SMILES string of the molecule is CCOC(=O)C(C(=O)C1CCS(=O)(=O)C1)C(C)C. The van der Waals surface area contributed by atoms with Crippen molar-refractivity contribution < 1.29 is 22.7 Å². The molecule has 0 aromatic heterocycles. The normalized spacial score (nSPS) is 23.9. The van der Waals surface area contributed by atoms with Crippen molar-refractivity contribution in [2.75, 3.05) is 18.1 Å². The Morgan fingerprint density at radius 3 is 2.33 bits per heavy atom. The van der Waals surface area contributed by atoms with Gasteiger partial charge in [0, 0.05) is 5.92 Å². The summed E-state index contributed by atoms with van der Waals surface area (Å²) in [6.07, 6.45) is 0.323. The zero-order valence-electron chi connectivity index (χ0n) is 11.0. The third-order valence-corrected chi connectivity index (χ3v) is 4.92. The Kier molecular flexibility index (Phi) is 4.90. The van der Waals surface area contributed by atoms with Crippen LogP contribution in [0, 0.1) is 17.8 Å². The van der Waals surface area contributed by atoms with Gasteiger partial charge >= 0.3 is 5.97 Å². The van der Waals surface area contributed by atoms with E-state index in [-0.39, 0.29) is 29.8 Å². The predicted molar refractivity (Wildman–Crippen MR) is 66.7 cm³/mol. The van der Waals surface area contributed by atoms with Gasteiger partial charge in [0.25, 0.3) is 0 Å². The number of carbonyl (C=O) groups is 2. The lowest BCUT2D eigenvalue weighted by molar-refractivity contribution is -0.154. The van der Waals surface area contributed by atoms with Crippen LogP contribution >= 0.6 is 0 Å². The van der Waals surface area contributed by atoms with Crippen LogP contribution in [-0.2, 0) is 24.2 Å². The predicted octanol–water partition coefficient (Wildman–Crippen LogP) is 0.825. The Morgan fingerprint density at radius 2 is 1.94 bits per heavy atom.